The standard InChI is InChI=1S/C11H14N2O5/c1-2-12-11(15)7-18-10-5-8(6-14)3-4-9(10)13(16)17/h3-5,14H,2,6-7H2,1H3,(H,12,15). The maximum Gasteiger partial charge on any atom is 0.310 e. The van der Waals surface area contributed by atoms with E-state index in [2.05, 4.69) is 5.32 Å². The zero-order valence-electron chi connectivity index (χ0n) is 9.88. The molecule has 1 amide bonds. The van der Waals surface area contributed by atoms with Crippen LogP contribution < -0.4 is 10.1 Å². The van der Waals surface area contributed by atoms with E-state index in [0.717, 1.165) is 0 Å². The number of nitrogens with zero attached hydrogens (tertiary/aromatic N) is 1. The Bertz CT molecular complexity index is 447. The molecule has 0 spiro atoms. The lowest BCUT2D eigenvalue weighted by Gasteiger charge is -2.07. The highest BCUT2D eigenvalue weighted by atomic mass is 16.6. The van der Waals surface area contributed by atoms with Crippen molar-refractivity contribution in [2.75, 3.05) is 13.2 Å². The topological polar surface area (TPSA) is 102 Å². The number of ether oxygens (including phenoxy) is 1. The Balaban J connectivity index is 2.84. The molecule has 0 unspecified atom stereocenters. The fourth-order valence-electron chi connectivity index (χ4n) is 1.31. The number of carbonyl (C=O) groups excluding carboxylic acids is 1. The lowest BCUT2D eigenvalue weighted by atomic mass is 10.2. The molecule has 0 aliphatic heterocycles. The van der Waals surface area contributed by atoms with E-state index in [0.29, 0.717) is 12.1 Å². The second kappa shape index (κ2) is 6.55. The van der Waals surface area contributed by atoms with Gasteiger partial charge in [-0.1, -0.05) is 0 Å². The number of carbonyl (C=O) groups is 1. The van der Waals surface area contributed by atoms with Crippen LogP contribution in [0, 0.1) is 10.1 Å². The summed E-state index contributed by atoms with van der Waals surface area (Å²) >= 11 is 0. The number of likely N-dealkylation sites (N-methyl/N-ethyl adjacent to an activating group) is 1. The average molecular weight is 254 g/mol. The highest BCUT2D eigenvalue weighted by molar-refractivity contribution is 5.77. The molecule has 1 rings (SSSR count). The van der Waals surface area contributed by atoms with E-state index in [1.807, 2.05) is 0 Å². The summed E-state index contributed by atoms with van der Waals surface area (Å²) in [6.45, 7) is 1.66. The van der Waals surface area contributed by atoms with Gasteiger partial charge in [-0.25, -0.2) is 0 Å². The van der Waals surface area contributed by atoms with Crippen molar-refractivity contribution in [1.82, 2.24) is 5.32 Å². The van der Waals surface area contributed by atoms with E-state index in [1.54, 1.807) is 6.92 Å². The van der Waals surface area contributed by atoms with E-state index in [9.17, 15) is 14.9 Å². The van der Waals surface area contributed by atoms with Gasteiger partial charge in [-0.15, -0.1) is 0 Å². The highest BCUT2D eigenvalue weighted by Gasteiger charge is 2.16. The number of nitro groups is 1. The van der Waals surface area contributed by atoms with Gasteiger partial charge in [0, 0.05) is 12.6 Å². The van der Waals surface area contributed by atoms with Crippen LogP contribution in [0.15, 0.2) is 18.2 Å². The van der Waals surface area contributed by atoms with Gasteiger partial charge in [0.15, 0.2) is 12.4 Å². The Morgan fingerprint density at radius 2 is 2.28 bits per heavy atom. The fourth-order valence-corrected chi connectivity index (χ4v) is 1.31. The Morgan fingerprint density at radius 3 is 2.83 bits per heavy atom. The van der Waals surface area contributed by atoms with Gasteiger partial charge in [-0.05, 0) is 24.6 Å². The van der Waals surface area contributed by atoms with Gasteiger partial charge in [0.25, 0.3) is 5.91 Å². The molecule has 18 heavy (non-hydrogen) atoms. The lowest BCUT2D eigenvalue weighted by molar-refractivity contribution is -0.385. The molecular formula is C11H14N2O5. The lowest BCUT2D eigenvalue weighted by Crippen LogP contribution is -2.28. The van der Waals surface area contributed by atoms with Crippen LogP contribution in [0.5, 0.6) is 5.75 Å². The molecule has 7 nitrogen and oxygen atoms in total. The van der Waals surface area contributed by atoms with Crippen molar-refractivity contribution in [2.45, 2.75) is 13.5 Å². The SMILES string of the molecule is CCNC(=O)COc1cc(CO)ccc1[N+](=O)[O-]. The maximum atomic E-state index is 11.2. The molecule has 0 aliphatic carbocycles. The second-order valence-electron chi connectivity index (χ2n) is 3.46. The van der Waals surface area contributed by atoms with Crippen molar-refractivity contribution in [2.24, 2.45) is 0 Å². The third-order valence-electron chi connectivity index (χ3n) is 2.14. The predicted octanol–water partition coefficient (Wildman–Crippen LogP) is 0.602. The van der Waals surface area contributed by atoms with Gasteiger partial charge in [-0.2, -0.15) is 0 Å². The number of hydrogen-bond donors (Lipinski definition) is 2. The molecule has 0 aromatic heterocycles. The molecule has 0 saturated heterocycles. The zero-order valence-corrected chi connectivity index (χ0v) is 9.88. The molecule has 1 aromatic carbocycles. The molecule has 0 saturated carbocycles. The van der Waals surface area contributed by atoms with Crippen molar-refractivity contribution in [1.29, 1.82) is 0 Å². The van der Waals surface area contributed by atoms with Crippen LogP contribution in [-0.4, -0.2) is 29.1 Å². The third kappa shape index (κ3) is 3.70. The molecule has 7 heteroatoms. The summed E-state index contributed by atoms with van der Waals surface area (Å²) in [5.74, 6) is -0.390. The minimum atomic E-state index is -0.603. The van der Waals surface area contributed by atoms with Gasteiger partial charge < -0.3 is 15.2 Å². The molecule has 2 N–H and O–H groups in total. The number of benzene rings is 1. The summed E-state index contributed by atoms with van der Waals surface area (Å²) in [4.78, 5) is 21.3. The van der Waals surface area contributed by atoms with Gasteiger partial charge >= 0.3 is 5.69 Å². The summed E-state index contributed by atoms with van der Waals surface area (Å²) in [6, 6.07) is 4.01. The van der Waals surface area contributed by atoms with E-state index in [1.165, 1.54) is 18.2 Å². The quantitative estimate of drug-likeness (QED) is 0.571. The minimum absolute atomic E-state index is 0.0298. The van der Waals surface area contributed by atoms with Crippen LogP contribution in [0.1, 0.15) is 12.5 Å². The Morgan fingerprint density at radius 1 is 1.56 bits per heavy atom. The van der Waals surface area contributed by atoms with Crippen molar-refractivity contribution >= 4 is 11.6 Å². The number of aliphatic hydroxyl groups is 1. The molecule has 98 valence electrons. The van der Waals surface area contributed by atoms with Crippen LogP contribution in [0.2, 0.25) is 0 Å². The highest BCUT2D eigenvalue weighted by Crippen LogP contribution is 2.27. The molecule has 1 aromatic rings. The summed E-state index contributed by atoms with van der Waals surface area (Å²) in [5, 5.41) is 22.2. The first kappa shape index (κ1) is 13.9. The van der Waals surface area contributed by atoms with E-state index in [-0.39, 0.29) is 30.6 Å². The molecule has 0 bridgehead atoms. The Labute approximate surface area is 104 Å². The Kier molecular flexibility index (Phi) is 5.06. The van der Waals surface area contributed by atoms with Crippen molar-refractivity contribution in [3.8, 4) is 5.75 Å². The summed E-state index contributed by atoms with van der Waals surface area (Å²) in [7, 11) is 0. The van der Waals surface area contributed by atoms with Crippen LogP contribution in [0.4, 0.5) is 5.69 Å². The largest absolute Gasteiger partial charge is 0.477 e. The van der Waals surface area contributed by atoms with Gasteiger partial charge in [0.05, 0.1) is 11.5 Å². The van der Waals surface area contributed by atoms with Crippen LogP contribution in [0.25, 0.3) is 0 Å². The molecule has 0 radical (unpaired) electrons. The Hall–Kier alpha value is -2.15. The smallest absolute Gasteiger partial charge is 0.310 e. The van der Waals surface area contributed by atoms with Crippen LogP contribution >= 0.6 is 0 Å². The second-order valence-corrected chi connectivity index (χ2v) is 3.46. The maximum absolute atomic E-state index is 11.2. The van der Waals surface area contributed by atoms with Gasteiger partial charge in [0.1, 0.15) is 0 Å². The minimum Gasteiger partial charge on any atom is -0.477 e. The van der Waals surface area contributed by atoms with Crippen molar-refractivity contribution in [3.63, 3.8) is 0 Å². The summed E-state index contributed by atoms with van der Waals surface area (Å²) in [5.41, 5.74) is 0.239. The van der Waals surface area contributed by atoms with Gasteiger partial charge in [0.2, 0.25) is 0 Å². The third-order valence-corrected chi connectivity index (χ3v) is 2.14. The molecule has 0 aliphatic rings. The molecular weight excluding hydrogens is 240 g/mol. The normalized spacial score (nSPS) is 9.89. The summed E-state index contributed by atoms with van der Waals surface area (Å²) in [6.07, 6.45) is 0. The van der Waals surface area contributed by atoms with Gasteiger partial charge in [-0.3, -0.25) is 14.9 Å². The first-order valence-electron chi connectivity index (χ1n) is 5.36. The molecule has 0 heterocycles. The fraction of sp³-hybridized carbons (Fsp3) is 0.364. The molecule has 0 fully saturated rings. The van der Waals surface area contributed by atoms with Crippen LogP contribution in [0.3, 0.4) is 0 Å². The first-order valence-corrected chi connectivity index (χ1v) is 5.36. The number of rotatable bonds is 6. The van der Waals surface area contributed by atoms with Crippen LogP contribution in [-0.2, 0) is 11.4 Å². The summed E-state index contributed by atoms with van der Waals surface area (Å²) < 4.78 is 5.09. The van der Waals surface area contributed by atoms with Crippen molar-refractivity contribution in [3.05, 3.63) is 33.9 Å². The predicted molar refractivity (Wildman–Crippen MR) is 63.2 cm³/mol. The number of nitrogens with one attached hydrogen (secondary N) is 1. The monoisotopic (exact) mass is 254 g/mol. The molecule has 0 atom stereocenters. The number of hydrogen-bond acceptors (Lipinski definition) is 5. The van der Waals surface area contributed by atoms with E-state index >= 15 is 0 Å². The zero-order chi connectivity index (χ0) is 13.5. The first-order chi connectivity index (χ1) is 8.58. The average Bonchev–Trinajstić information content (AvgIpc) is 2.36. The number of amides is 1. The van der Waals surface area contributed by atoms with E-state index < -0.39 is 4.92 Å². The number of nitro benzene ring substituents is 1. The number of aliphatic hydroxyl groups excluding tert-OH is 1. The van der Waals surface area contributed by atoms with Crippen molar-refractivity contribution < 1.29 is 19.6 Å². The van der Waals surface area contributed by atoms with E-state index in [4.69, 9.17) is 9.84 Å².